The minimum Gasteiger partial charge on any atom is -0.385 e. The van der Waals surface area contributed by atoms with Crippen LogP contribution in [0.5, 0.6) is 0 Å². The highest BCUT2D eigenvalue weighted by Gasteiger charge is 2.22. The summed E-state index contributed by atoms with van der Waals surface area (Å²) >= 11 is 1.60. The van der Waals surface area contributed by atoms with E-state index in [9.17, 15) is 5.11 Å². The molecule has 1 aromatic heterocycles. The van der Waals surface area contributed by atoms with Crippen molar-refractivity contribution >= 4 is 16.5 Å². The predicted octanol–water partition coefficient (Wildman–Crippen LogP) is 1.97. The van der Waals surface area contributed by atoms with Crippen LogP contribution in [0.25, 0.3) is 0 Å². The van der Waals surface area contributed by atoms with Crippen LogP contribution < -0.4 is 4.90 Å². The van der Waals surface area contributed by atoms with Gasteiger partial charge in [0.25, 0.3) is 0 Å². The van der Waals surface area contributed by atoms with E-state index in [1.54, 1.807) is 31.4 Å². The molecular formula is C10H16N2OS. The van der Waals surface area contributed by atoms with Gasteiger partial charge in [-0.3, -0.25) is 0 Å². The summed E-state index contributed by atoms with van der Waals surface area (Å²) in [5.74, 6) is 0. The number of anilines is 1. The van der Waals surface area contributed by atoms with E-state index >= 15 is 0 Å². The Kier molecular flexibility index (Phi) is 2.49. The summed E-state index contributed by atoms with van der Waals surface area (Å²) in [7, 11) is 0. The summed E-state index contributed by atoms with van der Waals surface area (Å²) in [5.41, 5.74) is -0.754. The number of rotatable bonds is 2. The topological polar surface area (TPSA) is 36.4 Å². The van der Waals surface area contributed by atoms with Gasteiger partial charge >= 0.3 is 0 Å². The first-order valence-corrected chi connectivity index (χ1v) is 5.82. The van der Waals surface area contributed by atoms with Gasteiger partial charge in [0.2, 0.25) is 0 Å². The van der Waals surface area contributed by atoms with Crippen LogP contribution in [0.1, 0.15) is 31.6 Å². The zero-order chi connectivity index (χ0) is 10.2. The first-order chi connectivity index (χ1) is 6.57. The highest BCUT2D eigenvalue weighted by molar-refractivity contribution is 7.15. The van der Waals surface area contributed by atoms with Gasteiger partial charge in [-0.15, -0.1) is 0 Å². The summed E-state index contributed by atoms with van der Waals surface area (Å²) in [6, 6.07) is 0. The van der Waals surface area contributed by atoms with Crippen LogP contribution in [-0.2, 0) is 5.60 Å². The maximum Gasteiger partial charge on any atom is 0.185 e. The molecule has 0 spiro atoms. The summed E-state index contributed by atoms with van der Waals surface area (Å²) in [4.78, 5) is 7.58. The van der Waals surface area contributed by atoms with Crippen LogP contribution in [0.15, 0.2) is 6.20 Å². The first kappa shape index (κ1) is 9.93. The summed E-state index contributed by atoms with van der Waals surface area (Å²) < 4.78 is 0. The van der Waals surface area contributed by atoms with E-state index in [2.05, 4.69) is 9.88 Å². The van der Waals surface area contributed by atoms with Gasteiger partial charge in [0.1, 0.15) is 0 Å². The number of aromatic nitrogens is 1. The number of hydrogen-bond donors (Lipinski definition) is 1. The molecule has 1 aliphatic rings. The van der Waals surface area contributed by atoms with Crippen LogP contribution in [-0.4, -0.2) is 23.2 Å². The average Bonchev–Trinajstić information content (AvgIpc) is 2.73. The van der Waals surface area contributed by atoms with Crippen molar-refractivity contribution in [3.05, 3.63) is 11.1 Å². The van der Waals surface area contributed by atoms with Crippen LogP contribution in [0, 0.1) is 0 Å². The van der Waals surface area contributed by atoms with E-state index in [4.69, 9.17) is 0 Å². The maximum absolute atomic E-state index is 9.80. The zero-order valence-electron chi connectivity index (χ0n) is 8.66. The highest BCUT2D eigenvalue weighted by atomic mass is 32.1. The van der Waals surface area contributed by atoms with Crippen molar-refractivity contribution in [1.82, 2.24) is 4.98 Å². The van der Waals surface area contributed by atoms with Gasteiger partial charge in [0.15, 0.2) is 5.13 Å². The molecule has 0 atom stereocenters. The van der Waals surface area contributed by atoms with E-state index in [1.807, 2.05) is 0 Å². The quantitative estimate of drug-likeness (QED) is 0.814. The van der Waals surface area contributed by atoms with Crippen molar-refractivity contribution in [2.75, 3.05) is 18.0 Å². The molecule has 0 aromatic carbocycles. The second-order valence-electron chi connectivity index (χ2n) is 4.26. The fraction of sp³-hybridized carbons (Fsp3) is 0.700. The van der Waals surface area contributed by atoms with Crippen molar-refractivity contribution in [2.45, 2.75) is 32.3 Å². The fourth-order valence-corrected chi connectivity index (χ4v) is 2.57. The largest absolute Gasteiger partial charge is 0.385 e. The first-order valence-electron chi connectivity index (χ1n) is 5.01. The van der Waals surface area contributed by atoms with E-state index in [0.29, 0.717) is 0 Å². The van der Waals surface area contributed by atoms with Gasteiger partial charge < -0.3 is 10.0 Å². The van der Waals surface area contributed by atoms with Gasteiger partial charge in [0, 0.05) is 19.3 Å². The van der Waals surface area contributed by atoms with Gasteiger partial charge in [-0.1, -0.05) is 11.3 Å². The Morgan fingerprint density at radius 2 is 2.07 bits per heavy atom. The molecule has 4 heteroatoms. The molecule has 0 saturated carbocycles. The molecular weight excluding hydrogens is 196 g/mol. The van der Waals surface area contributed by atoms with Crippen molar-refractivity contribution in [1.29, 1.82) is 0 Å². The molecule has 2 heterocycles. The minimum atomic E-state index is -0.754. The summed E-state index contributed by atoms with van der Waals surface area (Å²) in [6.45, 7) is 5.82. The molecule has 1 aliphatic heterocycles. The highest BCUT2D eigenvalue weighted by Crippen LogP contribution is 2.31. The number of nitrogens with zero attached hydrogens (tertiary/aromatic N) is 2. The monoisotopic (exact) mass is 212 g/mol. The van der Waals surface area contributed by atoms with Crippen molar-refractivity contribution < 1.29 is 5.11 Å². The molecule has 78 valence electrons. The second kappa shape index (κ2) is 3.51. The van der Waals surface area contributed by atoms with E-state index < -0.39 is 5.60 Å². The second-order valence-corrected chi connectivity index (χ2v) is 5.27. The molecule has 1 saturated heterocycles. The Bertz CT molecular complexity index is 310. The molecule has 1 N–H and O–H groups in total. The Morgan fingerprint density at radius 3 is 2.57 bits per heavy atom. The SMILES string of the molecule is CC(C)(O)c1cnc(N2CCCC2)s1. The van der Waals surface area contributed by atoms with E-state index in [1.165, 1.54) is 12.8 Å². The molecule has 0 aliphatic carbocycles. The lowest BCUT2D eigenvalue weighted by atomic mass is 10.1. The molecule has 0 amide bonds. The Morgan fingerprint density at radius 1 is 1.43 bits per heavy atom. The Hall–Kier alpha value is -0.610. The average molecular weight is 212 g/mol. The van der Waals surface area contributed by atoms with Gasteiger partial charge in [-0.2, -0.15) is 0 Å². The van der Waals surface area contributed by atoms with Crippen LogP contribution >= 0.6 is 11.3 Å². The third-order valence-electron chi connectivity index (χ3n) is 2.47. The molecule has 0 unspecified atom stereocenters. The molecule has 1 aromatic rings. The maximum atomic E-state index is 9.80. The summed E-state index contributed by atoms with van der Waals surface area (Å²) in [5, 5.41) is 10.9. The minimum absolute atomic E-state index is 0.754. The molecule has 14 heavy (non-hydrogen) atoms. The molecule has 3 nitrogen and oxygen atoms in total. The van der Waals surface area contributed by atoms with Crippen molar-refractivity contribution in [3.8, 4) is 0 Å². The standard InChI is InChI=1S/C10H16N2OS/c1-10(2,13)8-7-11-9(14-8)12-5-3-4-6-12/h7,13H,3-6H2,1-2H3. The van der Waals surface area contributed by atoms with Crippen LogP contribution in [0.3, 0.4) is 0 Å². The number of hydrogen-bond acceptors (Lipinski definition) is 4. The predicted molar refractivity (Wildman–Crippen MR) is 58.8 cm³/mol. The van der Waals surface area contributed by atoms with Crippen LogP contribution in [0.2, 0.25) is 0 Å². The fourth-order valence-electron chi connectivity index (χ4n) is 1.60. The molecule has 1 fully saturated rings. The number of aliphatic hydroxyl groups is 1. The van der Waals surface area contributed by atoms with Gasteiger partial charge in [-0.25, -0.2) is 4.98 Å². The molecule has 2 rings (SSSR count). The normalized spacial score (nSPS) is 17.8. The van der Waals surface area contributed by atoms with Crippen molar-refractivity contribution in [3.63, 3.8) is 0 Å². The summed E-state index contributed by atoms with van der Waals surface area (Å²) in [6.07, 6.45) is 4.31. The van der Waals surface area contributed by atoms with Gasteiger partial charge in [-0.05, 0) is 26.7 Å². The third kappa shape index (κ3) is 1.91. The zero-order valence-corrected chi connectivity index (χ0v) is 9.47. The lowest BCUT2D eigenvalue weighted by Crippen LogP contribution is -2.17. The number of thiazole rings is 1. The third-order valence-corrected chi connectivity index (χ3v) is 3.84. The Balaban J connectivity index is 2.17. The van der Waals surface area contributed by atoms with Crippen molar-refractivity contribution in [2.24, 2.45) is 0 Å². The van der Waals surface area contributed by atoms with E-state index in [-0.39, 0.29) is 0 Å². The van der Waals surface area contributed by atoms with E-state index in [0.717, 1.165) is 23.1 Å². The lowest BCUT2D eigenvalue weighted by Gasteiger charge is -2.15. The Labute approximate surface area is 88.4 Å². The van der Waals surface area contributed by atoms with Gasteiger partial charge in [0.05, 0.1) is 10.5 Å². The van der Waals surface area contributed by atoms with Crippen LogP contribution in [0.4, 0.5) is 5.13 Å². The molecule has 0 bridgehead atoms. The molecule has 0 radical (unpaired) electrons. The lowest BCUT2D eigenvalue weighted by molar-refractivity contribution is 0.0823. The smallest absolute Gasteiger partial charge is 0.185 e.